The lowest BCUT2D eigenvalue weighted by Crippen LogP contribution is -2.32. The van der Waals surface area contributed by atoms with Gasteiger partial charge in [0.05, 0.1) is 0 Å². The van der Waals surface area contributed by atoms with E-state index in [-0.39, 0.29) is 0 Å². The molecule has 1 aromatic rings. The molecule has 0 radical (unpaired) electrons. The Bertz CT molecular complexity index is 259. The van der Waals surface area contributed by atoms with Crippen LogP contribution < -0.4 is 10.6 Å². The Morgan fingerprint density at radius 2 is 2.43 bits per heavy atom. The zero-order chi connectivity index (χ0) is 10.2. The molecule has 0 bridgehead atoms. The van der Waals surface area contributed by atoms with Gasteiger partial charge in [0.15, 0.2) is 5.11 Å². The smallest absolute Gasteiger partial charge is 0.166 e. The van der Waals surface area contributed by atoms with Crippen molar-refractivity contribution in [3.63, 3.8) is 0 Å². The van der Waals surface area contributed by atoms with Crippen LogP contribution in [0.4, 0.5) is 0 Å². The molecule has 1 aromatic heterocycles. The van der Waals surface area contributed by atoms with Crippen LogP contribution in [0.25, 0.3) is 0 Å². The summed E-state index contributed by atoms with van der Waals surface area (Å²) in [5, 5.41) is 13.3. The molecule has 0 unspecified atom stereocenters. The highest BCUT2D eigenvalue weighted by molar-refractivity contribution is 7.80. The van der Waals surface area contributed by atoms with Crippen molar-refractivity contribution in [2.24, 2.45) is 0 Å². The second kappa shape index (κ2) is 6.31. The highest BCUT2D eigenvalue weighted by Gasteiger charge is 1.95. The van der Waals surface area contributed by atoms with E-state index in [2.05, 4.69) is 25.8 Å². The first-order valence-corrected chi connectivity index (χ1v) is 5.03. The molecule has 3 N–H and O–H groups in total. The van der Waals surface area contributed by atoms with Gasteiger partial charge in [0.2, 0.25) is 0 Å². The largest absolute Gasteiger partial charge is 0.366 e. The van der Waals surface area contributed by atoms with E-state index in [4.69, 9.17) is 12.2 Å². The SMILES string of the molecule is CNC(=S)NCCCCc1ncn[nH]1. The van der Waals surface area contributed by atoms with E-state index in [0.717, 1.165) is 31.6 Å². The zero-order valence-electron chi connectivity index (χ0n) is 8.21. The Labute approximate surface area is 88.7 Å². The van der Waals surface area contributed by atoms with Crippen LogP contribution in [0.1, 0.15) is 18.7 Å². The van der Waals surface area contributed by atoms with Gasteiger partial charge in [-0.2, -0.15) is 5.10 Å². The quantitative estimate of drug-likeness (QED) is 0.482. The Balaban J connectivity index is 1.97. The van der Waals surface area contributed by atoms with Crippen molar-refractivity contribution in [2.45, 2.75) is 19.3 Å². The number of thiocarbonyl (C=S) groups is 1. The van der Waals surface area contributed by atoms with Crippen molar-refractivity contribution in [1.82, 2.24) is 25.8 Å². The minimum atomic E-state index is 0.699. The minimum Gasteiger partial charge on any atom is -0.366 e. The van der Waals surface area contributed by atoms with Crippen molar-refractivity contribution >= 4 is 17.3 Å². The topological polar surface area (TPSA) is 65.6 Å². The Morgan fingerprint density at radius 3 is 3.07 bits per heavy atom. The lowest BCUT2D eigenvalue weighted by molar-refractivity contribution is 0.688. The number of nitrogens with zero attached hydrogens (tertiary/aromatic N) is 2. The first kappa shape index (κ1) is 10.9. The molecular weight excluding hydrogens is 198 g/mol. The van der Waals surface area contributed by atoms with Crippen LogP contribution in [0.5, 0.6) is 0 Å². The maximum absolute atomic E-state index is 4.93. The molecule has 0 aliphatic carbocycles. The monoisotopic (exact) mass is 213 g/mol. The van der Waals surface area contributed by atoms with E-state index in [1.165, 1.54) is 6.33 Å². The molecule has 0 spiro atoms. The van der Waals surface area contributed by atoms with Crippen LogP contribution in [0.2, 0.25) is 0 Å². The van der Waals surface area contributed by atoms with Crippen molar-refractivity contribution in [1.29, 1.82) is 0 Å². The molecule has 0 atom stereocenters. The zero-order valence-corrected chi connectivity index (χ0v) is 9.02. The second-order valence-electron chi connectivity index (χ2n) is 2.90. The Kier molecular flexibility index (Phi) is 4.92. The van der Waals surface area contributed by atoms with Gasteiger partial charge < -0.3 is 10.6 Å². The van der Waals surface area contributed by atoms with Gasteiger partial charge in [0, 0.05) is 20.0 Å². The summed E-state index contributed by atoms with van der Waals surface area (Å²) < 4.78 is 0. The van der Waals surface area contributed by atoms with E-state index < -0.39 is 0 Å². The van der Waals surface area contributed by atoms with Crippen LogP contribution in [0.3, 0.4) is 0 Å². The summed E-state index contributed by atoms with van der Waals surface area (Å²) in [6, 6.07) is 0. The first-order valence-electron chi connectivity index (χ1n) is 4.62. The van der Waals surface area contributed by atoms with Gasteiger partial charge in [-0.3, -0.25) is 5.10 Å². The maximum Gasteiger partial charge on any atom is 0.166 e. The van der Waals surface area contributed by atoms with Gasteiger partial charge in [-0.1, -0.05) is 0 Å². The lowest BCUT2D eigenvalue weighted by Gasteiger charge is -2.05. The molecule has 0 fully saturated rings. The average Bonchev–Trinajstić information content (AvgIpc) is 2.69. The van der Waals surface area contributed by atoms with Crippen LogP contribution in [0.15, 0.2) is 6.33 Å². The summed E-state index contributed by atoms with van der Waals surface area (Å²) in [6.07, 6.45) is 4.62. The maximum atomic E-state index is 4.93. The molecule has 78 valence electrons. The summed E-state index contributed by atoms with van der Waals surface area (Å²) in [4.78, 5) is 4.04. The predicted molar refractivity (Wildman–Crippen MR) is 59.0 cm³/mol. The van der Waals surface area contributed by atoms with Crippen molar-refractivity contribution in [3.05, 3.63) is 12.2 Å². The normalized spacial score (nSPS) is 9.79. The predicted octanol–water partition coefficient (Wildman–Crippen LogP) is 0.221. The highest BCUT2D eigenvalue weighted by atomic mass is 32.1. The van der Waals surface area contributed by atoms with Crippen LogP contribution >= 0.6 is 12.2 Å². The number of hydrogen-bond donors (Lipinski definition) is 3. The van der Waals surface area contributed by atoms with Gasteiger partial charge in [-0.05, 0) is 25.1 Å². The molecule has 0 amide bonds. The van der Waals surface area contributed by atoms with E-state index >= 15 is 0 Å². The van der Waals surface area contributed by atoms with Gasteiger partial charge in [0.1, 0.15) is 12.2 Å². The van der Waals surface area contributed by atoms with Crippen LogP contribution in [-0.4, -0.2) is 33.9 Å². The number of aromatic nitrogens is 3. The van der Waals surface area contributed by atoms with Gasteiger partial charge in [-0.25, -0.2) is 4.98 Å². The molecule has 0 saturated carbocycles. The molecule has 0 aliphatic rings. The number of nitrogens with one attached hydrogen (secondary N) is 3. The second-order valence-corrected chi connectivity index (χ2v) is 3.30. The number of aromatic amines is 1. The van der Waals surface area contributed by atoms with Gasteiger partial charge >= 0.3 is 0 Å². The molecule has 0 saturated heterocycles. The number of H-pyrrole nitrogens is 1. The molecule has 1 rings (SSSR count). The fourth-order valence-electron chi connectivity index (χ4n) is 1.06. The molecule has 0 aliphatic heterocycles. The molecule has 0 aromatic carbocycles. The Morgan fingerprint density at radius 1 is 1.57 bits per heavy atom. The lowest BCUT2D eigenvalue weighted by atomic mass is 10.2. The summed E-state index contributed by atoms with van der Waals surface area (Å²) in [6.45, 7) is 0.897. The van der Waals surface area contributed by atoms with Gasteiger partial charge in [-0.15, -0.1) is 0 Å². The summed E-state index contributed by atoms with van der Waals surface area (Å²) in [5.41, 5.74) is 0. The Hall–Kier alpha value is -1.17. The minimum absolute atomic E-state index is 0.699. The first-order chi connectivity index (χ1) is 6.83. The van der Waals surface area contributed by atoms with Crippen molar-refractivity contribution < 1.29 is 0 Å². The third-order valence-corrected chi connectivity index (χ3v) is 2.17. The fraction of sp³-hybridized carbons (Fsp3) is 0.625. The van der Waals surface area contributed by atoms with E-state index in [1.54, 1.807) is 0 Å². The summed E-state index contributed by atoms with van der Waals surface area (Å²) in [5.74, 6) is 0.946. The molecular formula is C8H15N5S. The average molecular weight is 213 g/mol. The van der Waals surface area contributed by atoms with E-state index in [0.29, 0.717) is 5.11 Å². The van der Waals surface area contributed by atoms with Gasteiger partial charge in [0.25, 0.3) is 0 Å². The third-order valence-electron chi connectivity index (χ3n) is 1.82. The van der Waals surface area contributed by atoms with Crippen LogP contribution in [0, 0.1) is 0 Å². The summed E-state index contributed by atoms with van der Waals surface area (Å²) >= 11 is 4.93. The summed E-state index contributed by atoms with van der Waals surface area (Å²) in [7, 11) is 1.81. The third kappa shape index (κ3) is 4.18. The molecule has 6 heteroatoms. The fourth-order valence-corrected chi connectivity index (χ4v) is 1.16. The highest BCUT2D eigenvalue weighted by Crippen LogP contribution is 1.96. The van der Waals surface area contributed by atoms with E-state index in [1.807, 2.05) is 7.05 Å². The number of unbranched alkanes of at least 4 members (excludes halogenated alkanes) is 1. The number of hydrogen-bond acceptors (Lipinski definition) is 3. The molecule has 5 nitrogen and oxygen atoms in total. The molecule has 1 heterocycles. The van der Waals surface area contributed by atoms with Crippen LogP contribution in [-0.2, 0) is 6.42 Å². The molecule has 14 heavy (non-hydrogen) atoms. The van der Waals surface area contributed by atoms with Crippen molar-refractivity contribution in [3.8, 4) is 0 Å². The number of rotatable bonds is 5. The van der Waals surface area contributed by atoms with E-state index in [9.17, 15) is 0 Å². The standard InChI is InChI=1S/C8H15N5S/c1-9-8(14)10-5-3-2-4-7-11-6-12-13-7/h6H,2-5H2,1H3,(H2,9,10,14)(H,11,12,13). The number of aryl methyl sites for hydroxylation is 1. The van der Waals surface area contributed by atoms with Crippen molar-refractivity contribution in [2.75, 3.05) is 13.6 Å².